The number of aromatic amines is 2. The Bertz CT molecular complexity index is 1920. The number of halogens is 1. The predicted molar refractivity (Wildman–Crippen MR) is 174 cm³/mol. The minimum absolute atomic E-state index is 0.317. The molecular formula is C34H36FN9. The summed E-state index contributed by atoms with van der Waals surface area (Å²) in [7, 11) is 4.02. The molecule has 9 nitrogen and oxygen atoms in total. The van der Waals surface area contributed by atoms with Crippen LogP contribution in [-0.4, -0.2) is 80.2 Å². The minimum atomic E-state index is -0.317. The Kier molecular flexibility index (Phi) is 7.76. The van der Waals surface area contributed by atoms with Gasteiger partial charge in [-0.15, -0.1) is 0 Å². The molecule has 0 radical (unpaired) electrons. The van der Waals surface area contributed by atoms with Crippen molar-refractivity contribution in [1.82, 2.24) is 39.9 Å². The number of piperidine rings is 1. The second-order valence-electron chi connectivity index (χ2n) is 11.9. The monoisotopic (exact) mass is 589 g/mol. The van der Waals surface area contributed by atoms with Crippen molar-refractivity contribution in [3.8, 4) is 33.8 Å². The van der Waals surface area contributed by atoms with Gasteiger partial charge in [0.05, 0.1) is 22.7 Å². The van der Waals surface area contributed by atoms with Gasteiger partial charge in [-0.05, 0) is 93.1 Å². The number of benzene rings is 2. The van der Waals surface area contributed by atoms with E-state index in [1.807, 2.05) is 38.6 Å². The van der Waals surface area contributed by atoms with Crippen LogP contribution in [0.15, 0.2) is 67.3 Å². The number of aromatic nitrogens is 6. The van der Waals surface area contributed by atoms with Gasteiger partial charge in [0.1, 0.15) is 11.5 Å². The largest absolute Gasteiger partial charge is 0.384 e. The summed E-state index contributed by atoms with van der Waals surface area (Å²) in [6.45, 7) is 4.77. The van der Waals surface area contributed by atoms with Gasteiger partial charge in [-0.25, -0.2) is 9.37 Å². The number of nitrogens with zero attached hydrogens (tertiary/aromatic N) is 6. The van der Waals surface area contributed by atoms with Crippen LogP contribution in [0, 0.1) is 5.82 Å². The molecule has 5 heterocycles. The van der Waals surface area contributed by atoms with E-state index in [1.54, 1.807) is 12.4 Å². The molecular weight excluding hydrogens is 553 g/mol. The molecule has 3 N–H and O–H groups in total. The summed E-state index contributed by atoms with van der Waals surface area (Å²) >= 11 is 0. The molecule has 0 unspecified atom stereocenters. The smallest absolute Gasteiger partial charge is 0.159 e. The quantitative estimate of drug-likeness (QED) is 0.181. The van der Waals surface area contributed by atoms with E-state index < -0.39 is 0 Å². The lowest BCUT2D eigenvalue weighted by atomic mass is 10.0. The number of fused-ring (bicyclic) bond motifs is 2. The molecule has 1 fully saturated rings. The summed E-state index contributed by atoms with van der Waals surface area (Å²) in [5, 5.41) is 12.1. The fourth-order valence-corrected chi connectivity index (χ4v) is 6.01. The Hall–Kier alpha value is -4.67. The Morgan fingerprint density at radius 1 is 0.886 bits per heavy atom. The molecule has 7 rings (SSSR count). The van der Waals surface area contributed by atoms with Crippen LogP contribution < -0.4 is 5.32 Å². The SMILES string of the molecule is CN(C)CCNc1cc(F)cc(-c2cncc3[nH]c(-c4n[nH]c5ccc(-c6cncc(CN7CCCCC7)c6)cc45)nc23)c1. The maximum atomic E-state index is 14.7. The van der Waals surface area contributed by atoms with Crippen molar-refractivity contribution in [3.05, 3.63) is 78.6 Å². The number of likely N-dealkylation sites (N-methyl/N-ethyl adjacent to an activating group) is 1. The number of pyridine rings is 2. The molecule has 0 saturated carbocycles. The lowest BCUT2D eigenvalue weighted by Crippen LogP contribution is -2.29. The fourth-order valence-electron chi connectivity index (χ4n) is 6.01. The van der Waals surface area contributed by atoms with Crippen LogP contribution in [0.4, 0.5) is 10.1 Å². The Balaban J connectivity index is 1.21. The van der Waals surface area contributed by atoms with Crippen LogP contribution in [0.3, 0.4) is 0 Å². The fraction of sp³-hybridized carbons (Fsp3) is 0.294. The van der Waals surface area contributed by atoms with E-state index in [0.29, 0.717) is 29.1 Å². The molecule has 0 amide bonds. The summed E-state index contributed by atoms with van der Waals surface area (Å²) in [6, 6.07) is 13.5. The highest BCUT2D eigenvalue weighted by molar-refractivity contribution is 5.98. The average Bonchev–Trinajstić information content (AvgIpc) is 3.65. The summed E-state index contributed by atoms with van der Waals surface area (Å²) in [5.74, 6) is 0.304. The van der Waals surface area contributed by atoms with Gasteiger partial charge >= 0.3 is 0 Å². The van der Waals surface area contributed by atoms with Gasteiger partial charge in [-0.1, -0.05) is 12.5 Å². The first-order valence-corrected chi connectivity index (χ1v) is 15.2. The second-order valence-corrected chi connectivity index (χ2v) is 11.9. The molecule has 10 heteroatoms. The highest BCUT2D eigenvalue weighted by Gasteiger charge is 2.17. The topological polar surface area (TPSA) is 102 Å². The molecule has 6 aromatic rings. The molecule has 0 atom stereocenters. The van der Waals surface area contributed by atoms with E-state index in [9.17, 15) is 4.39 Å². The molecule has 0 spiro atoms. The van der Waals surface area contributed by atoms with E-state index in [2.05, 4.69) is 58.5 Å². The van der Waals surface area contributed by atoms with E-state index in [4.69, 9.17) is 4.98 Å². The number of H-pyrrole nitrogens is 2. The number of anilines is 1. The van der Waals surface area contributed by atoms with Gasteiger partial charge in [-0.2, -0.15) is 5.10 Å². The molecule has 224 valence electrons. The van der Waals surface area contributed by atoms with Crippen LogP contribution in [-0.2, 0) is 6.54 Å². The van der Waals surface area contributed by atoms with Crippen LogP contribution in [0.1, 0.15) is 24.8 Å². The average molecular weight is 590 g/mol. The van der Waals surface area contributed by atoms with Crippen molar-refractivity contribution in [2.24, 2.45) is 0 Å². The Morgan fingerprint density at radius 2 is 1.75 bits per heavy atom. The standard InChI is InChI=1S/C34H36FN9/c1-43(2)11-8-38-27-14-24(13-26(35)16-27)29-19-37-20-31-32(29)40-34(39-31)33-28-15-23(6-7-30(28)41-42-33)25-12-22(17-36-18-25)21-44-9-4-3-5-10-44/h6-7,12-20,38H,3-5,8-11,21H2,1-2H3,(H,39,40)(H,41,42). The van der Waals surface area contributed by atoms with Crippen molar-refractivity contribution in [1.29, 1.82) is 0 Å². The number of imidazole rings is 1. The number of rotatable bonds is 9. The second kappa shape index (κ2) is 12.1. The number of hydrogen-bond acceptors (Lipinski definition) is 7. The maximum absolute atomic E-state index is 14.7. The number of likely N-dealkylation sites (tertiary alicyclic amines) is 1. The summed E-state index contributed by atoms with van der Waals surface area (Å²) in [6.07, 6.45) is 11.2. The van der Waals surface area contributed by atoms with E-state index in [-0.39, 0.29) is 5.82 Å². The maximum Gasteiger partial charge on any atom is 0.159 e. The molecule has 44 heavy (non-hydrogen) atoms. The zero-order valence-electron chi connectivity index (χ0n) is 25.1. The normalized spacial score (nSPS) is 14.2. The van der Waals surface area contributed by atoms with Crippen molar-refractivity contribution in [2.45, 2.75) is 25.8 Å². The molecule has 1 saturated heterocycles. The minimum Gasteiger partial charge on any atom is -0.384 e. The van der Waals surface area contributed by atoms with Gasteiger partial charge in [-0.3, -0.25) is 20.0 Å². The summed E-state index contributed by atoms with van der Waals surface area (Å²) in [5.41, 5.74) is 8.64. The van der Waals surface area contributed by atoms with Crippen molar-refractivity contribution >= 4 is 27.6 Å². The molecule has 0 aliphatic carbocycles. The zero-order chi connectivity index (χ0) is 30.0. The van der Waals surface area contributed by atoms with Crippen molar-refractivity contribution in [2.75, 3.05) is 45.6 Å². The molecule has 1 aliphatic rings. The molecule has 4 aromatic heterocycles. The predicted octanol–water partition coefficient (Wildman–Crippen LogP) is 6.33. The Labute approximate surface area is 255 Å². The highest BCUT2D eigenvalue weighted by atomic mass is 19.1. The lowest BCUT2D eigenvalue weighted by molar-refractivity contribution is 0.220. The van der Waals surface area contributed by atoms with Crippen LogP contribution in [0.5, 0.6) is 0 Å². The Morgan fingerprint density at radius 3 is 2.61 bits per heavy atom. The summed E-state index contributed by atoms with van der Waals surface area (Å²) < 4.78 is 14.7. The third kappa shape index (κ3) is 5.91. The highest BCUT2D eigenvalue weighted by Crippen LogP contribution is 2.34. The van der Waals surface area contributed by atoms with Gasteiger partial charge in [0.25, 0.3) is 0 Å². The third-order valence-electron chi connectivity index (χ3n) is 8.26. The van der Waals surface area contributed by atoms with Crippen molar-refractivity contribution in [3.63, 3.8) is 0 Å². The first kappa shape index (κ1) is 28.1. The van der Waals surface area contributed by atoms with Crippen molar-refractivity contribution < 1.29 is 4.39 Å². The van der Waals surface area contributed by atoms with Gasteiger partial charge in [0.15, 0.2) is 5.82 Å². The summed E-state index contributed by atoms with van der Waals surface area (Å²) in [4.78, 5) is 22.0. The molecule has 1 aliphatic heterocycles. The third-order valence-corrected chi connectivity index (χ3v) is 8.26. The first-order chi connectivity index (χ1) is 21.5. The van der Waals surface area contributed by atoms with E-state index in [0.717, 1.165) is 65.0 Å². The molecule has 2 aromatic carbocycles. The van der Waals surface area contributed by atoms with Crippen LogP contribution >= 0.6 is 0 Å². The zero-order valence-corrected chi connectivity index (χ0v) is 25.1. The van der Waals surface area contributed by atoms with Gasteiger partial charge in [0, 0.05) is 60.4 Å². The lowest BCUT2D eigenvalue weighted by Gasteiger charge is -2.26. The number of nitrogens with one attached hydrogen (secondary N) is 3. The van der Waals surface area contributed by atoms with Gasteiger partial charge < -0.3 is 15.2 Å². The van der Waals surface area contributed by atoms with Crippen LogP contribution in [0.2, 0.25) is 0 Å². The number of hydrogen-bond donors (Lipinski definition) is 3. The van der Waals surface area contributed by atoms with Gasteiger partial charge in [0.2, 0.25) is 0 Å². The van der Waals surface area contributed by atoms with E-state index >= 15 is 0 Å². The molecule has 0 bridgehead atoms. The first-order valence-electron chi connectivity index (χ1n) is 15.2. The van der Waals surface area contributed by atoms with Crippen LogP contribution in [0.25, 0.3) is 55.7 Å². The van der Waals surface area contributed by atoms with E-state index in [1.165, 1.54) is 37.0 Å².